The smallest absolute Gasteiger partial charge is 0.192 e. The highest BCUT2D eigenvalue weighted by atomic mass is 28.4. The van der Waals surface area contributed by atoms with E-state index in [0.717, 1.165) is 12.8 Å². The predicted octanol–water partition coefficient (Wildman–Crippen LogP) is 6.85. The van der Waals surface area contributed by atoms with Crippen LogP contribution in [0.25, 0.3) is 0 Å². The molecule has 0 saturated carbocycles. The zero-order valence-electron chi connectivity index (χ0n) is 16.7. The fourth-order valence-corrected chi connectivity index (χ4v) is 12.0. The van der Waals surface area contributed by atoms with Crippen molar-refractivity contribution in [3.63, 3.8) is 0 Å². The van der Waals surface area contributed by atoms with Crippen molar-refractivity contribution in [3.05, 3.63) is 11.3 Å². The van der Waals surface area contributed by atoms with E-state index < -0.39 is 16.4 Å². The van der Waals surface area contributed by atoms with E-state index in [2.05, 4.69) is 66.9 Å². The van der Waals surface area contributed by atoms with Crippen molar-refractivity contribution in [1.29, 1.82) is 0 Å². The third-order valence-electron chi connectivity index (χ3n) is 7.09. The average molecular weight is 341 g/mol. The summed E-state index contributed by atoms with van der Waals surface area (Å²) in [5.74, 6) is 0. The summed E-state index contributed by atoms with van der Waals surface area (Å²) in [6.45, 7) is 21.9. The van der Waals surface area contributed by atoms with Crippen molar-refractivity contribution in [3.8, 4) is 0 Å². The standard InChI is InChI=1S/C19H40OSi2/c1-10-18(4,5)22(8,9)20-19(11-2,12-3)21(6,7)17-15-13-14-16-17/h15H,10-14,16H2,1-9H3. The third kappa shape index (κ3) is 3.46. The van der Waals surface area contributed by atoms with Gasteiger partial charge in [0.05, 0.1) is 5.22 Å². The monoisotopic (exact) mass is 340 g/mol. The van der Waals surface area contributed by atoms with Gasteiger partial charge in [0.2, 0.25) is 0 Å². The summed E-state index contributed by atoms with van der Waals surface area (Å²) >= 11 is 0. The first-order chi connectivity index (χ1) is 9.99. The van der Waals surface area contributed by atoms with E-state index in [1.54, 1.807) is 5.20 Å². The van der Waals surface area contributed by atoms with Crippen LogP contribution in [0.5, 0.6) is 0 Å². The maximum absolute atomic E-state index is 7.22. The van der Waals surface area contributed by atoms with Gasteiger partial charge in [-0.15, -0.1) is 0 Å². The minimum Gasteiger partial charge on any atom is -0.414 e. The van der Waals surface area contributed by atoms with E-state index in [9.17, 15) is 0 Å². The van der Waals surface area contributed by atoms with Crippen LogP contribution in [0.1, 0.15) is 73.1 Å². The topological polar surface area (TPSA) is 9.23 Å². The molecule has 1 rings (SSSR count). The Bertz CT molecular complexity index is 404. The molecule has 0 amide bonds. The van der Waals surface area contributed by atoms with Crippen molar-refractivity contribution in [2.45, 2.75) is 110 Å². The van der Waals surface area contributed by atoms with E-state index in [4.69, 9.17) is 4.43 Å². The molecule has 0 aromatic rings. The fourth-order valence-electron chi connectivity index (χ4n) is 3.99. The summed E-state index contributed by atoms with van der Waals surface area (Å²) in [6.07, 6.45) is 10.1. The number of allylic oxidation sites excluding steroid dienone is 2. The van der Waals surface area contributed by atoms with Crippen LogP contribution in [0, 0.1) is 0 Å². The number of hydrogen-bond acceptors (Lipinski definition) is 1. The summed E-state index contributed by atoms with van der Waals surface area (Å²) in [7, 11) is -3.34. The molecule has 1 aliphatic rings. The zero-order valence-corrected chi connectivity index (χ0v) is 18.7. The molecule has 0 unspecified atom stereocenters. The molecule has 0 spiro atoms. The third-order valence-corrected chi connectivity index (χ3v) is 17.0. The summed E-state index contributed by atoms with van der Waals surface area (Å²) in [6, 6.07) is 0. The first-order valence-corrected chi connectivity index (χ1v) is 15.3. The van der Waals surface area contributed by atoms with Crippen molar-refractivity contribution in [1.82, 2.24) is 0 Å². The molecule has 0 radical (unpaired) electrons. The van der Waals surface area contributed by atoms with Gasteiger partial charge in [0.25, 0.3) is 0 Å². The van der Waals surface area contributed by atoms with Gasteiger partial charge >= 0.3 is 0 Å². The van der Waals surface area contributed by atoms with Gasteiger partial charge in [-0.2, -0.15) is 0 Å². The van der Waals surface area contributed by atoms with E-state index in [-0.39, 0.29) is 5.22 Å². The predicted molar refractivity (Wildman–Crippen MR) is 106 cm³/mol. The molecule has 0 aromatic heterocycles. The molecule has 1 aliphatic carbocycles. The summed E-state index contributed by atoms with van der Waals surface area (Å²) < 4.78 is 7.22. The lowest BCUT2D eigenvalue weighted by Gasteiger charge is -2.53. The largest absolute Gasteiger partial charge is 0.414 e. The van der Waals surface area contributed by atoms with E-state index in [0.29, 0.717) is 5.04 Å². The molecule has 22 heavy (non-hydrogen) atoms. The molecule has 0 atom stereocenters. The van der Waals surface area contributed by atoms with Crippen LogP contribution in [-0.4, -0.2) is 21.6 Å². The zero-order chi connectivity index (χ0) is 17.2. The first-order valence-electron chi connectivity index (χ1n) is 9.39. The average Bonchev–Trinajstić information content (AvgIpc) is 2.99. The fraction of sp³-hybridized carbons (Fsp3) is 0.895. The minimum atomic E-state index is -1.76. The van der Waals surface area contributed by atoms with Crippen LogP contribution in [0.15, 0.2) is 11.3 Å². The van der Waals surface area contributed by atoms with Gasteiger partial charge in [0.1, 0.15) is 8.07 Å². The Labute approximate surface area is 142 Å². The molecule has 1 nitrogen and oxygen atoms in total. The molecule has 3 heteroatoms. The maximum atomic E-state index is 7.22. The van der Waals surface area contributed by atoms with E-state index in [1.807, 2.05) is 0 Å². The van der Waals surface area contributed by atoms with Crippen molar-refractivity contribution < 1.29 is 4.43 Å². The van der Waals surface area contributed by atoms with Gasteiger partial charge in [-0.3, -0.25) is 0 Å². The molecule has 0 aliphatic heterocycles. The van der Waals surface area contributed by atoms with Crippen LogP contribution in [0.4, 0.5) is 0 Å². The quantitative estimate of drug-likeness (QED) is 0.439. The van der Waals surface area contributed by atoms with Gasteiger partial charge < -0.3 is 4.43 Å². The van der Waals surface area contributed by atoms with Crippen LogP contribution >= 0.6 is 0 Å². The number of hydrogen-bond donors (Lipinski definition) is 0. The summed E-state index contributed by atoms with van der Waals surface area (Å²) in [4.78, 5) is 0. The molecule has 0 saturated heterocycles. The lowest BCUT2D eigenvalue weighted by Crippen LogP contribution is -2.62. The molecule has 130 valence electrons. The highest BCUT2D eigenvalue weighted by molar-refractivity contribution is 6.88. The molecule has 0 aromatic carbocycles. The van der Waals surface area contributed by atoms with E-state index >= 15 is 0 Å². The Morgan fingerprint density at radius 2 is 1.55 bits per heavy atom. The van der Waals surface area contributed by atoms with Gasteiger partial charge in [0, 0.05) is 0 Å². The molecule has 0 N–H and O–H groups in total. The summed E-state index contributed by atoms with van der Waals surface area (Å²) in [5.41, 5.74) is 0. The van der Waals surface area contributed by atoms with Gasteiger partial charge in [-0.25, -0.2) is 0 Å². The summed E-state index contributed by atoms with van der Waals surface area (Å²) in [5, 5.41) is 2.22. The molecular weight excluding hydrogens is 300 g/mol. The van der Waals surface area contributed by atoms with Gasteiger partial charge in [0.15, 0.2) is 8.32 Å². The normalized spacial score (nSPS) is 17.8. The van der Waals surface area contributed by atoms with Crippen molar-refractivity contribution in [2.75, 3.05) is 0 Å². The Hall–Kier alpha value is 0.134. The second-order valence-electron chi connectivity index (χ2n) is 8.80. The Morgan fingerprint density at radius 3 is 1.91 bits per heavy atom. The van der Waals surface area contributed by atoms with Crippen molar-refractivity contribution >= 4 is 16.4 Å². The van der Waals surface area contributed by atoms with Crippen LogP contribution in [-0.2, 0) is 4.43 Å². The second kappa shape index (κ2) is 6.94. The molecule has 0 bridgehead atoms. The molecular formula is C19H40OSi2. The van der Waals surface area contributed by atoms with E-state index in [1.165, 1.54) is 25.7 Å². The Kier molecular flexibility index (Phi) is 6.37. The molecule has 0 fully saturated rings. The lowest BCUT2D eigenvalue weighted by molar-refractivity contribution is 0.115. The van der Waals surface area contributed by atoms with Crippen LogP contribution in [0.3, 0.4) is 0 Å². The molecule has 0 heterocycles. The SMILES string of the molecule is CCC(C)(C)[Si](C)(C)OC(CC)(CC)[Si](C)(C)C1=CCCC1. The highest BCUT2D eigenvalue weighted by Gasteiger charge is 2.53. The van der Waals surface area contributed by atoms with Crippen molar-refractivity contribution in [2.24, 2.45) is 0 Å². The first kappa shape index (κ1) is 20.2. The number of rotatable bonds is 8. The minimum absolute atomic E-state index is 0.116. The highest BCUT2D eigenvalue weighted by Crippen LogP contribution is 2.48. The van der Waals surface area contributed by atoms with Gasteiger partial charge in [-0.1, -0.05) is 65.4 Å². The Morgan fingerprint density at radius 1 is 1.00 bits per heavy atom. The van der Waals surface area contributed by atoms with Crippen LogP contribution < -0.4 is 0 Å². The maximum Gasteiger partial charge on any atom is 0.192 e. The lowest BCUT2D eigenvalue weighted by atomic mass is 10.1. The second-order valence-corrected chi connectivity index (χ2v) is 18.2. The Balaban J connectivity index is 3.21. The van der Waals surface area contributed by atoms with Crippen LogP contribution in [0.2, 0.25) is 31.2 Å². The van der Waals surface area contributed by atoms with Gasteiger partial charge in [-0.05, 0) is 50.2 Å².